The summed E-state index contributed by atoms with van der Waals surface area (Å²) in [5.74, 6) is 1.63. The van der Waals surface area contributed by atoms with Gasteiger partial charge in [0.05, 0.1) is 18.7 Å². The summed E-state index contributed by atoms with van der Waals surface area (Å²) in [5.41, 5.74) is 6.63. The standard InChI is InChI=1S/C18H26N2O3/c1-5-22-15-8-6-7-13-10-16(23-17(13)15)12(4)20-18(21)14(19)9-11(2)3/h6-8,10-12,14H,5,9,19H2,1-4H3,(H,20,21)/t12?,14-/m0/s1. The van der Waals surface area contributed by atoms with Gasteiger partial charge < -0.3 is 20.2 Å². The summed E-state index contributed by atoms with van der Waals surface area (Å²) >= 11 is 0. The monoisotopic (exact) mass is 318 g/mol. The highest BCUT2D eigenvalue weighted by molar-refractivity contribution is 5.84. The third-order valence-electron chi connectivity index (χ3n) is 3.67. The second kappa shape index (κ2) is 7.51. The number of benzene rings is 1. The molecule has 0 radical (unpaired) electrons. The molecule has 0 saturated heterocycles. The number of rotatable bonds is 7. The minimum absolute atomic E-state index is 0.156. The van der Waals surface area contributed by atoms with Gasteiger partial charge in [0.1, 0.15) is 5.76 Å². The maximum Gasteiger partial charge on any atom is 0.237 e. The molecule has 0 aliphatic rings. The third-order valence-corrected chi connectivity index (χ3v) is 3.67. The van der Waals surface area contributed by atoms with Gasteiger partial charge in [0.15, 0.2) is 11.3 Å². The Bertz CT molecular complexity index is 663. The van der Waals surface area contributed by atoms with Gasteiger partial charge >= 0.3 is 0 Å². The lowest BCUT2D eigenvalue weighted by Crippen LogP contribution is -2.42. The number of ether oxygens (including phenoxy) is 1. The van der Waals surface area contributed by atoms with Gasteiger partial charge in [-0.3, -0.25) is 4.79 Å². The Morgan fingerprint density at radius 2 is 2.09 bits per heavy atom. The highest BCUT2D eigenvalue weighted by atomic mass is 16.5. The highest BCUT2D eigenvalue weighted by Gasteiger charge is 2.20. The zero-order chi connectivity index (χ0) is 17.0. The molecule has 0 spiro atoms. The van der Waals surface area contributed by atoms with E-state index in [1.165, 1.54) is 0 Å². The van der Waals surface area contributed by atoms with Crippen LogP contribution in [0.1, 0.15) is 45.9 Å². The molecule has 1 aromatic heterocycles. The lowest BCUT2D eigenvalue weighted by molar-refractivity contribution is -0.123. The SMILES string of the molecule is CCOc1cccc2cc(C(C)NC(=O)[C@@H](N)CC(C)C)oc12. The molecule has 23 heavy (non-hydrogen) atoms. The van der Waals surface area contributed by atoms with E-state index in [0.29, 0.717) is 36.0 Å². The number of nitrogens with two attached hydrogens (primary N) is 1. The van der Waals surface area contributed by atoms with E-state index in [0.717, 1.165) is 5.39 Å². The zero-order valence-corrected chi connectivity index (χ0v) is 14.3. The van der Waals surface area contributed by atoms with E-state index < -0.39 is 6.04 Å². The number of furan rings is 1. The molecule has 0 saturated carbocycles. The fourth-order valence-electron chi connectivity index (χ4n) is 2.55. The van der Waals surface area contributed by atoms with Crippen molar-refractivity contribution in [1.82, 2.24) is 5.32 Å². The first-order chi connectivity index (χ1) is 10.9. The number of carbonyl (C=O) groups is 1. The molecule has 3 N–H and O–H groups in total. The van der Waals surface area contributed by atoms with E-state index in [1.807, 2.05) is 52.0 Å². The van der Waals surface area contributed by atoms with E-state index >= 15 is 0 Å². The van der Waals surface area contributed by atoms with E-state index in [1.54, 1.807) is 0 Å². The van der Waals surface area contributed by atoms with Crippen LogP contribution in [-0.2, 0) is 4.79 Å². The average molecular weight is 318 g/mol. The molecule has 2 aromatic rings. The second-order valence-electron chi connectivity index (χ2n) is 6.22. The highest BCUT2D eigenvalue weighted by Crippen LogP contribution is 2.31. The van der Waals surface area contributed by atoms with Crippen molar-refractivity contribution >= 4 is 16.9 Å². The van der Waals surface area contributed by atoms with Crippen molar-refractivity contribution in [2.45, 2.75) is 46.2 Å². The average Bonchev–Trinajstić information content (AvgIpc) is 2.92. The van der Waals surface area contributed by atoms with Crippen LogP contribution in [0.5, 0.6) is 5.75 Å². The summed E-state index contributed by atoms with van der Waals surface area (Å²) in [6.07, 6.45) is 0.660. The van der Waals surface area contributed by atoms with Crippen molar-refractivity contribution in [1.29, 1.82) is 0 Å². The molecule has 0 aliphatic carbocycles. The van der Waals surface area contributed by atoms with E-state index in [2.05, 4.69) is 5.32 Å². The van der Waals surface area contributed by atoms with Gasteiger partial charge in [0.25, 0.3) is 0 Å². The van der Waals surface area contributed by atoms with Gasteiger partial charge in [-0.1, -0.05) is 26.0 Å². The first kappa shape index (κ1) is 17.3. The molecule has 2 atom stereocenters. The van der Waals surface area contributed by atoms with Crippen LogP contribution < -0.4 is 15.8 Å². The Labute approximate surface area is 137 Å². The summed E-state index contributed by atoms with van der Waals surface area (Å²) < 4.78 is 11.5. The van der Waals surface area contributed by atoms with Crippen molar-refractivity contribution < 1.29 is 13.9 Å². The Morgan fingerprint density at radius 3 is 2.74 bits per heavy atom. The molecule has 5 heteroatoms. The molecule has 1 unspecified atom stereocenters. The first-order valence-corrected chi connectivity index (χ1v) is 8.13. The van der Waals surface area contributed by atoms with Crippen LogP contribution in [0.2, 0.25) is 0 Å². The van der Waals surface area contributed by atoms with Crippen LogP contribution in [0, 0.1) is 5.92 Å². The van der Waals surface area contributed by atoms with Crippen LogP contribution >= 0.6 is 0 Å². The van der Waals surface area contributed by atoms with Crippen LogP contribution in [-0.4, -0.2) is 18.6 Å². The van der Waals surface area contributed by atoms with Crippen LogP contribution in [0.15, 0.2) is 28.7 Å². The van der Waals surface area contributed by atoms with Crippen molar-refractivity contribution in [3.8, 4) is 5.75 Å². The van der Waals surface area contributed by atoms with Gasteiger partial charge in [-0.2, -0.15) is 0 Å². The molecule has 1 aromatic carbocycles. The molecule has 126 valence electrons. The molecular formula is C18H26N2O3. The van der Waals surface area contributed by atoms with Crippen molar-refractivity contribution in [3.05, 3.63) is 30.0 Å². The van der Waals surface area contributed by atoms with Gasteiger partial charge in [0.2, 0.25) is 5.91 Å². The number of nitrogens with one attached hydrogen (secondary N) is 1. The molecule has 1 amide bonds. The summed E-state index contributed by atoms with van der Waals surface area (Å²) in [4.78, 5) is 12.1. The smallest absolute Gasteiger partial charge is 0.237 e. The minimum atomic E-state index is -0.499. The van der Waals surface area contributed by atoms with Gasteiger partial charge in [-0.25, -0.2) is 0 Å². The predicted molar refractivity (Wildman–Crippen MR) is 91.4 cm³/mol. The Balaban J connectivity index is 2.13. The first-order valence-electron chi connectivity index (χ1n) is 8.13. The summed E-state index contributed by atoms with van der Waals surface area (Å²) in [7, 11) is 0. The zero-order valence-electron chi connectivity index (χ0n) is 14.3. The Hall–Kier alpha value is -2.01. The fourth-order valence-corrected chi connectivity index (χ4v) is 2.55. The Kier molecular flexibility index (Phi) is 5.66. The minimum Gasteiger partial charge on any atom is -0.490 e. The van der Waals surface area contributed by atoms with E-state index in [4.69, 9.17) is 14.9 Å². The fraction of sp³-hybridized carbons (Fsp3) is 0.500. The largest absolute Gasteiger partial charge is 0.490 e. The van der Waals surface area contributed by atoms with E-state index in [-0.39, 0.29) is 11.9 Å². The predicted octanol–water partition coefficient (Wildman–Crippen LogP) is 3.38. The summed E-state index contributed by atoms with van der Waals surface area (Å²) in [6.45, 7) is 8.49. The topological polar surface area (TPSA) is 77.5 Å². The molecule has 0 aliphatic heterocycles. The number of fused-ring (bicyclic) bond motifs is 1. The number of para-hydroxylation sites is 1. The van der Waals surface area contributed by atoms with Gasteiger partial charge in [-0.05, 0) is 38.3 Å². The molecule has 0 bridgehead atoms. The normalized spacial score (nSPS) is 14.0. The van der Waals surface area contributed by atoms with Crippen molar-refractivity contribution in [2.24, 2.45) is 11.7 Å². The summed E-state index contributed by atoms with van der Waals surface area (Å²) in [5, 5.41) is 3.87. The molecule has 1 heterocycles. The number of hydrogen-bond donors (Lipinski definition) is 2. The number of hydrogen-bond acceptors (Lipinski definition) is 4. The van der Waals surface area contributed by atoms with Crippen molar-refractivity contribution in [2.75, 3.05) is 6.61 Å². The Morgan fingerprint density at radius 1 is 1.35 bits per heavy atom. The summed E-state index contributed by atoms with van der Waals surface area (Å²) in [6, 6.07) is 6.94. The lowest BCUT2D eigenvalue weighted by Gasteiger charge is -2.17. The molecule has 5 nitrogen and oxygen atoms in total. The quantitative estimate of drug-likeness (QED) is 0.820. The molecular weight excluding hydrogens is 292 g/mol. The van der Waals surface area contributed by atoms with E-state index in [9.17, 15) is 4.79 Å². The van der Waals surface area contributed by atoms with Crippen LogP contribution in [0.3, 0.4) is 0 Å². The van der Waals surface area contributed by atoms with Gasteiger partial charge in [0, 0.05) is 5.39 Å². The van der Waals surface area contributed by atoms with Gasteiger partial charge in [-0.15, -0.1) is 0 Å². The van der Waals surface area contributed by atoms with Crippen LogP contribution in [0.25, 0.3) is 11.0 Å². The molecule has 2 rings (SSSR count). The second-order valence-corrected chi connectivity index (χ2v) is 6.22. The third kappa shape index (κ3) is 4.26. The molecule has 0 fully saturated rings. The number of amides is 1. The number of carbonyl (C=O) groups excluding carboxylic acids is 1. The maximum absolute atomic E-state index is 12.1. The van der Waals surface area contributed by atoms with Crippen molar-refractivity contribution in [3.63, 3.8) is 0 Å². The lowest BCUT2D eigenvalue weighted by atomic mass is 10.0. The van der Waals surface area contributed by atoms with Crippen LogP contribution in [0.4, 0.5) is 0 Å². The maximum atomic E-state index is 12.1.